The lowest BCUT2D eigenvalue weighted by atomic mass is 10.0. The molecule has 104 valence electrons. The van der Waals surface area contributed by atoms with Crippen molar-refractivity contribution < 1.29 is 9.53 Å². The first-order valence-electron chi connectivity index (χ1n) is 7.15. The lowest BCUT2D eigenvalue weighted by Gasteiger charge is -2.06. The maximum atomic E-state index is 12.0. The van der Waals surface area contributed by atoms with Crippen LogP contribution < -0.4 is 4.74 Å². The van der Waals surface area contributed by atoms with Crippen LogP contribution in [0.4, 0.5) is 0 Å². The summed E-state index contributed by atoms with van der Waals surface area (Å²) in [5, 5.41) is 0. The van der Waals surface area contributed by atoms with E-state index in [1.165, 1.54) is 0 Å². The van der Waals surface area contributed by atoms with Crippen molar-refractivity contribution in [3.05, 3.63) is 42.5 Å². The van der Waals surface area contributed by atoms with Crippen LogP contribution in [0.5, 0.6) is 5.75 Å². The second kappa shape index (κ2) is 9.37. The number of ether oxygens (including phenoxy) is 1. The summed E-state index contributed by atoms with van der Waals surface area (Å²) in [6, 6.07) is 7.50. The number of ketones is 1. The van der Waals surface area contributed by atoms with Gasteiger partial charge in [0.1, 0.15) is 5.75 Å². The molecule has 0 aliphatic rings. The van der Waals surface area contributed by atoms with E-state index >= 15 is 0 Å². The van der Waals surface area contributed by atoms with Crippen LogP contribution in [0, 0.1) is 0 Å². The second-order valence-electron chi connectivity index (χ2n) is 4.69. The van der Waals surface area contributed by atoms with Gasteiger partial charge in [-0.05, 0) is 37.8 Å². The number of carbonyl (C=O) groups excluding carboxylic acids is 1. The van der Waals surface area contributed by atoms with Gasteiger partial charge < -0.3 is 4.74 Å². The summed E-state index contributed by atoms with van der Waals surface area (Å²) < 4.78 is 5.54. The van der Waals surface area contributed by atoms with E-state index in [0.717, 1.165) is 43.4 Å². The third-order valence-corrected chi connectivity index (χ3v) is 2.94. The van der Waals surface area contributed by atoms with E-state index in [1.807, 2.05) is 30.3 Å². The minimum absolute atomic E-state index is 0.209. The van der Waals surface area contributed by atoms with Crippen molar-refractivity contribution in [2.45, 2.75) is 45.4 Å². The summed E-state index contributed by atoms with van der Waals surface area (Å²) in [6.45, 7) is 6.46. The first-order chi connectivity index (χ1) is 9.27. The zero-order chi connectivity index (χ0) is 13.9. The van der Waals surface area contributed by atoms with Crippen LogP contribution in [0.3, 0.4) is 0 Å². The highest BCUT2D eigenvalue weighted by atomic mass is 16.5. The molecule has 0 aromatic heterocycles. The fourth-order valence-electron chi connectivity index (χ4n) is 1.87. The van der Waals surface area contributed by atoms with Crippen LogP contribution >= 0.6 is 0 Å². The van der Waals surface area contributed by atoms with E-state index in [0.29, 0.717) is 13.0 Å². The average Bonchev–Trinajstić information content (AvgIpc) is 2.45. The molecule has 1 aromatic rings. The number of hydrogen-bond acceptors (Lipinski definition) is 2. The van der Waals surface area contributed by atoms with E-state index in [2.05, 4.69) is 13.5 Å². The molecule has 0 atom stereocenters. The minimum Gasteiger partial charge on any atom is -0.494 e. The molecule has 0 bridgehead atoms. The maximum absolute atomic E-state index is 12.0. The van der Waals surface area contributed by atoms with Crippen molar-refractivity contribution in [1.82, 2.24) is 0 Å². The Morgan fingerprint density at radius 2 is 2.16 bits per heavy atom. The summed E-state index contributed by atoms with van der Waals surface area (Å²) in [5.74, 6) is 1.000. The molecule has 1 aromatic carbocycles. The van der Waals surface area contributed by atoms with Crippen molar-refractivity contribution >= 4 is 5.78 Å². The van der Waals surface area contributed by atoms with Crippen LogP contribution in [-0.2, 0) is 0 Å². The van der Waals surface area contributed by atoms with Gasteiger partial charge in [-0.3, -0.25) is 4.79 Å². The van der Waals surface area contributed by atoms with Crippen molar-refractivity contribution in [1.29, 1.82) is 0 Å². The van der Waals surface area contributed by atoms with Crippen molar-refractivity contribution in [3.8, 4) is 5.75 Å². The molecule has 1 rings (SSSR count). The largest absolute Gasteiger partial charge is 0.494 e. The number of rotatable bonds is 10. The van der Waals surface area contributed by atoms with Gasteiger partial charge in [0.25, 0.3) is 0 Å². The number of unbranched alkanes of at least 4 members (excludes halogenated alkanes) is 3. The normalized spacial score (nSPS) is 10.2. The van der Waals surface area contributed by atoms with E-state index in [9.17, 15) is 4.79 Å². The number of hydrogen-bond donors (Lipinski definition) is 0. The fourth-order valence-corrected chi connectivity index (χ4v) is 1.87. The Hall–Kier alpha value is -1.57. The smallest absolute Gasteiger partial charge is 0.163 e. The van der Waals surface area contributed by atoms with Gasteiger partial charge in [0.15, 0.2) is 5.78 Å². The Labute approximate surface area is 116 Å². The molecule has 2 heteroatoms. The number of allylic oxidation sites excluding steroid dienone is 1. The van der Waals surface area contributed by atoms with Gasteiger partial charge in [-0.1, -0.05) is 31.6 Å². The Morgan fingerprint density at radius 3 is 2.89 bits per heavy atom. The molecule has 0 amide bonds. The maximum Gasteiger partial charge on any atom is 0.163 e. The molecular weight excluding hydrogens is 236 g/mol. The van der Waals surface area contributed by atoms with Gasteiger partial charge >= 0.3 is 0 Å². The molecule has 0 radical (unpaired) electrons. The highest BCUT2D eigenvalue weighted by molar-refractivity contribution is 5.96. The third-order valence-electron chi connectivity index (χ3n) is 2.94. The zero-order valence-corrected chi connectivity index (χ0v) is 11.9. The first kappa shape index (κ1) is 15.5. The number of Topliss-reactive ketones (excluding diaryl/α,β-unsaturated/α-hetero) is 1. The number of benzene rings is 1. The summed E-state index contributed by atoms with van der Waals surface area (Å²) >= 11 is 0. The molecule has 0 N–H and O–H groups in total. The van der Waals surface area contributed by atoms with Gasteiger partial charge in [0.05, 0.1) is 6.61 Å². The predicted molar refractivity (Wildman–Crippen MR) is 79.8 cm³/mol. The van der Waals surface area contributed by atoms with Crippen LogP contribution in [0.15, 0.2) is 36.9 Å². The molecule has 0 aliphatic carbocycles. The van der Waals surface area contributed by atoms with Crippen LogP contribution in [0.2, 0.25) is 0 Å². The molecule has 2 nitrogen and oxygen atoms in total. The van der Waals surface area contributed by atoms with Gasteiger partial charge in [-0.25, -0.2) is 0 Å². The molecule has 0 saturated heterocycles. The summed E-state index contributed by atoms with van der Waals surface area (Å²) in [4.78, 5) is 12.0. The fraction of sp³-hybridized carbons (Fsp3) is 0.471. The monoisotopic (exact) mass is 260 g/mol. The molecule has 0 heterocycles. The molecule has 0 fully saturated rings. The lowest BCUT2D eigenvalue weighted by Crippen LogP contribution is -2.01. The van der Waals surface area contributed by atoms with Gasteiger partial charge in [-0.15, -0.1) is 6.58 Å². The second-order valence-corrected chi connectivity index (χ2v) is 4.69. The molecule has 0 unspecified atom stereocenters. The van der Waals surface area contributed by atoms with E-state index in [-0.39, 0.29) is 5.78 Å². The highest BCUT2D eigenvalue weighted by Gasteiger charge is 2.06. The van der Waals surface area contributed by atoms with E-state index in [4.69, 9.17) is 4.74 Å². The van der Waals surface area contributed by atoms with E-state index < -0.39 is 0 Å². The first-order valence-corrected chi connectivity index (χ1v) is 7.15. The van der Waals surface area contributed by atoms with Gasteiger partial charge in [-0.2, -0.15) is 0 Å². The lowest BCUT2D eigenvalue weighted by molar-refractivity contribution is 0.0978. The topological polar surface area (TPSA) is 26.3 Å². The van der Waals surface area contributed by atoms with Crippen molar-refractivity contribution in [2.24, 2.45) is 0 Å². The van der Waals surface area contributed by atoms with Crippen LogP contribution in [0.25, 0.3) is 0 Å². The Balaban J connectivity index is 2.40. The average molecular weight is 260 g/mol. The predicted octanol–water partition coefficient (Wildman–Crippen LogP) is 4.79. The molecule has 0 aliphatic heterocycles. The van der Waals surface area contributed by atoms with Crippen LogP contribution in [-0.4, -0.2) is 12.4 Å². The van der Waals surface area contributed by atoms with Gasteiger partial charge in [0.2, 0.25) is 0 Å². The van der Waals surface area contributed by atoms with Gasteiger partial charge in [0, 0.05) is 12.0 Å². The molecular formula is C17H24O2. The summed E-state index contributed by atoms with van der Waals surface area (Å²) in [7, 11) is 0. The number of carbonyl (C=O) groups is 1. The standard InChI is InChI=1S/C17H24O2/c1-3-5-6-7-8-12-17(18)15-10-9-11-16(14-15)19-13-4-2/h3,9-11,14H,1,4-8,12-13H2,2H3. The van der Waals surface area contributed by atoms with Crippen LogP contribution in [0.1, 0.15) is 55.8 Å². The zero-order valence-electron chi connectivity index (χ0n) is 11.9. The SMILES string of the molecule is C=CCCCCCC(=O)c1cccc(OCCC)c1. The molecule has 0 spiro atoms. The van der Waals surface area contributed by atoms with E-state index in [1.54, 1.807) is 0 Å². The molecule has 0 saturated carbocycles. The summed E-state index contributed by atoms with van der Waals surface area (Å²) in [6.07, 6.45) is 7.72. The Morgan fingerprint density at radius 1 is 1.32 bits per heavy atom. The Kier molecular flexibility index (Phi) is 7.64. The van der Waals surface area contributed by atoms with Crippen molar-refractivity contribution in [3.63, 3.8) is 0 Å². The van der Waals surface area contributed by atoms with Crippen molar-refractivity contribution in [2.75, 3.05) is 6.61 Å². The quantitative estimate of drug-likeness (QED) is 0.343. The minimum atomic E-state index is 0.209. The third kappa shape index (κ3) is 6.23. The molecule has 19 heavy (non-hydrogen) atoms. The summed E-state index contributed by atoms with van der Waals surface area (Å²) in [5.41, 5.74) is 0.761. The Bertz CT molecular complexity index is 396. The highest BCUT2D eigenvalue weighted by Crippen LogP contribution is 2.16.